The molecule has 238 valence electrons. The van der Waals surface area contributed by atoms with Crippen molar-refractivity contribution in [1.82, 2.24) is 0 Å². The second-order valence-corrected chi connectivity index (χ2v) is 12.7. The summed E-state index contributed by atoms with van der Waals surface area (Å²) in [6.45, 7) is 1.96. The summed E-state index contributed by atoms with van der Waals surface area (Å²) in [4.78, 5) is 0. The van der Waals surface area contributed by atoms with Gasteiger partial charge in [-0.25, -0.2) is 0 Å². The summed E-state index contributed by atoms with van der Waals surface area (Å²) in [6, 6.07) is 51.1. The molecule has 0 atom stereocenters. The summed E-state index contributed by atoms with van der Waals surface area (Å²) in [5.41, 5.74) is 1.07. The fraction of sp³-hybridized carbons (Fsp3) is 0.0270. The highest BCUT2D eigenvalue weighted by Crippen LogP contribution is 2.50. The lowest BCUT2D eigenvalue weighted by Crippen LogP contribution is -2.07. The van der Waals surface area contributed by atoms with Crippen molar-refractivity contribution in [1.29, 1.82) is 0 Å². The van der Waals surface area contributed by atoms with E-state index in [1.54, 1.807) is 133 Å². The van der Waals surface area contributed by atoms with Crippen molar-refractivity contribution < 1.29 is 36.3 Å². The fourth-order valence-corrected chi connectivity index (χ4v) is 6.40. The Bertz CT molecular complexity index is 1720. The van der Waals surface area contributed by atoms with Crippen molar-refractivity contribution in [3.05, 3.63) is 181 Å². The van der Waals surface area contributed by atoms with Crippen LogP contribution in [0, 0.1) is 6.92 Å². The minimum atomic E-state index is -3.90. The van der Waals surface area contributed by atoms with E-state index in [4.69, 9.17) is 27.1 Å². The number of para-hydroxylation sites is 5. The van der Waals surface area contributed by atoms with Crippen LogP contribution in [0.3, 0.4) is 0 Å². The van der Waals surface area contributed by atoms with Crippen LogP contribution >= 0.6 is 15.6 Å². The van der Waals surface area contributed by atoms with Gasteiger partial charge in [-0.05, 0) is 79.7 Å². The van der Waals surface area contributed by atoms with Gasteiger partial charge >= 0.3 is 15.6 Å². The summed E-state index contributed by atoms with van der Waals surface area (Å²) in [5.74, 6) is 2.44. The van der Waals surface area contributed by atoms with Crippen LogP contribution in [0.2, 0.25) is 0 Å². The largest absolute Gasteiger partial charge is 0.647 e. The lowest BCUT2D eigenvalue weighted by molar-refractivity contribution is 0.296. The molecule has 0 radical (unpaired) electrons. The predicted octanol–water partition coefficient (Wildman–Crippen LogP) is 11.0. The Morgan fingerprint density at radius 2 is 0.489 bits per heavy atom. The molecule has 0 heterocycles. The van der Waals surface area contributed by atoms with Crippen LogP contribution in [-0.2, 0) is 9.13 Å². The molecule has 0 unspecified atom stereocenters. The van der Waals surface area contributed by atoms with Gasteiger partial charge in [-0.15, -0.1) is 0 Å². The van der Waals surface area contributed by atoms with Crippen LogP contribution in [0.5, 0.6) is 34.5 Å². The second kappa shape index (κ2) is 16.2. The van der Waals surface area contributed by atoms with Gasteiger partial charge in [0.1, 0.15) is 34.5 Å². The highest BCUT2D eigenvalue weighted by molar-refractivity contribution is 7.50. The Morgan fingerprint density at radius 3 is 0.702 bits per heavy atom. The average molecular weight is 667 g/mol. The van der Waals surface area contributed by atoms with Gasteiger partial charge < -0.3 is 27.1 Å². The van der Waals surface area contributed by atoms with Crippen LogP contribution in [0.4, 0.5) is 0 Å². The van der Waals surface area contributed by atoms with Crippen molar-refractivity contribution >= 4 is 15.6 Å². The van der Waals surface area contributed by atoms with Crippen molar-refractivity contribution in [2.75, 3.05) is 0 Å². The first-order chi connectivity index (χ1) is 22.9. The molecular weight excluding hydrogens is 634 g/mol. The Hall–Kier alpha value is -5.42. The quantitative estimate of drug-likeness (QED) is 0.119. The van der Waals surface area contributed by atoms with Crippen LogP contribution < -0.4 is 27.1 Å². The van der Waals surface area contributed by atoms with Crippen molar-refractivity contribution in [3.63, 3.8) is 0 Å². The zero-order valence-corrected chi connectivity index (χ0v) is 27.2. The number of hydrogen-bond acceptors (Lipinski definition) is 8. The first-order valence-electron chi connectivity index (χ1n) is 14.6. The molecule has 0 aliphatic rings. The maximum atomic E-state index is 13.1. The highest BCUT2D eigenvalue weighted by Gasteiger charge is 2.34. The molecule has 0 N–H and O–H groups in total. The van der Waals surface area contributed by atoms with E-state index < -0.39 is 15.6 Å². The number of rotatable bonds is 12. The topological polar surface area (TPSA) is 89.5 Å². The van der Waals surface area contributed by atoms with Gasteiger partial charge in [-0.2, -0.15) is 9.13 Å². The molecule has 8 nitrogen and oxygen atoms in total. The maximum absolute atomic E-state index is 13.1. The molecule has 0 fully saturated rings. The molecule has 0 saturated carbocycles. The van der Waals surface area contributed by atoms with E-state index >= 15 is 0 Å². The van der Waals surface area contributed by atoms with Gasteiger partial charge in [-0.1, -0.05) is 109 Å². The molecule has 0 bridgehead atoms. The molecule has 0 saturated heterocycles. The SMILES string of the molecule is Cc1ccc(OP(=O)(Oc2ccccc2)Oc2ccccc2)cc1.O=P(Oc1ccccc1)(Oc1ccccc1)Oc1ccccc1. The Labute approximate surface area is 274 Å². The van der Waals surface area contributed by atoms with Gasteiger partial charge in [0.15, 0.2) is 0 Å². The van der Waals surface area contributed by atoms with E-state index in [1.165, 1.54) is 0 Å². The second-order valence-electron chi connectivity index (χ2n) is 9.82. The third-order valence-electron chi connectivity index (χ3n) is 6.04. The van der Waals surface area contributed by atoms with Gasteiger partial charge in [0.05, 0.1) is 0 Å². The van der Waals surface area contributed by atoms with Gasteiger partial charge in [0.2, 0.25) is 0 Å². The minimum absolute atomic E-state index is 0.405. The van der Waals surface area contributed by atoms with Crippen molar-refractivity contribution in [3.8, 4) is 34.5 Å². The van der Waals surface area contributed by atoms with E-state index in [-0.39, 0.29) is 0 Å². The summed E-state index contributed by atoms with van der Waals surface area (Å²) in [5, 5.41) is 0. The summed E-state index contributed by atoms with van der Waals surface area (Å²) in [6.07, 6.45) is 0. The third kappa shape index (κ3) is 10.9. The number of hydrogen-bond donors (Lipinski definition) is 0. The van der Waals surface area contributed by atoms with E-state index in [1.807, 2.05) is 49.4 Å². The van der Waals surface area contributed by atoms with Crippen molar-refractivity contribution in [2.45, 2.75) is 6.92 Å². The van der Waals surface area contributed by atoms with Crippen LogP contribution in [-0.4, -0.2) is 0 Å². The van der Waals surface area contributed by atoms with Crippen LogP contribution in [0.15, 0.2) is 176 Å². The van der Waals surface area contributed by atoms with Crippen molar-refractivity contribution in [2.24, 2.45) is 0 Å². The number of benzene rings is 6. The summed E-state index contributed by atoms with van der Waals surface area (Å²) >= 11 is 0. The number of phosphoric ester groups is 2. The molecular formula is C37H32O8P2. The summed E-state index contributed by atoms with van der Waals surface area (Å²) < 4.78 is 59.4. The van der Waals surface area contributed by atoms with Crippen LogP contribution in [0.25, 0.3) is 0 Å². The zero-order chi connectivity index (χ0) is 32.8. The average Bonchev–Trinajstić information content (AvgIpc) is 3.08. The molecule has 6 aromatic rings. The Balaban J connectivity index is 0.000000185. The molecule has 47 heavy (non-hydrogen) atoms. The highest BCUT2D eigenvalue weighted by atomic mass is 31.2. The predicted molar refractivity (Wildman–Crippen MR) is 182 cm³/mol. The normalized spacial score (nSPS) is 10.8. The molecule has 0 spiro atoms. The Kier molecular flexibility index (Phi) is 11.4. The van der Waals surface area contributed by atoms with E-state index in [9.17, 15) is 9.13 Å². The smallest absolute Gasteiger partial charge is 0.386 e. The lowest BCUT2D eigenvalue weighted by Gasteiger charge is -2.19. The van der Waals surface area contributed by atoms with Crippen LogP contribution in [0.1, 0.15) is 5.56 Å². The van der Waals surface area contributed by atoms with E-state index in [0.717, 1.165) is 5.56 Å². The number of aryl methyl sites for hydroxylation is 1. The number of phosphoric acid groups is 2. The standard InChI is InChI=1S/C19H17O4P.C18H15O4P/c1-16-12-14-19(15-13-16)23-24(20,21-17-8-4-2-5-9-17)22-18-10-6-3-7-11-18;19-23(20-16-10-4-1-5-11-16,21-17-12-6-2-7-13-17)22-18-14-8-3-9-15-18/h2-15H,1H3;1-15H. The molecule has 6 aromatic carbocycles. The minimum Gasteiger partial charge on any atom is -0.386 e. The Morgan fingerprint density at radius 1 is 0.298 bits per heavy atom. The fourth-order valence-electron chi connectivity index (χ4n) is 3.89. The molecule has 10 heteroatoms. The maximum Gasteiger partial charge on any atom is 0.647 e. The zero-order valence-electron chi connectivity index (χ0n) is 25.4. The first-order valence-corrected chi connectivity index (χ1v) is 17.5. The van der Waals surface area contributed by atoms with Gasteiger partial charge in [0, 0.05) is 0 Å². The molecule has 0 aromatic heterocycles. The summed E-state index contributed by atoms with van der Waals surface area (Å²) in [7, 11) is -7.79. The molecule has 6 rings (SSSR count). The first kappa shape index (κ1) is 33.0. The monoisotopic (exact) mass is 666 g/mol. The van der Waals surface area contributed by atoms with Gasteiger partial charge in [0.25, 0.3) is 0 Å². The molecule has 0 aliphatic heterocycles. The lowest BCUT2D eigenvalue weighted by atomic mass is 10.2. The van der Waals surface area contributed by atoms with E-state index in [2.05, 4.69) is 0 Å². The molecule has 0 amide bonds. The third-order valence-corrected chi connectivity index (χ3v) is 8.65. The van der Waals surface area contributed by atoms with Gasteiger partial charge in [-0.3, -0.25) is 0 Å². The molecule has 0 aliphatic carbocycles. The van der Waals surface area contributed by atoms with E-state index in [0.29, 0.717) is 34.5 Å².